The number of halogens is 2. The van der Waals surface area contributed by atoms with Gasteiger partial charge >= 0.3 is 5.97 Å². The van der Waals surface area contributed by atoms with Crippen molar-refractivity contribution in [2.24, 2.45) is 0 Å². The largest absolute Gasteiger partial charge is 0.497 e. The highest BCUT2D eigenvalue weighted by molar-refractivity contribution is 5.94. The molecule has 0 heterocycles. The van der Waals surface area contributed by atoms with E-state index in [1.165, 1.54) is 13.2 Å². The molecule has 0 aliphatic heterocycles. The number of hydrogen-bond donors (Lipinski definition) is 2. The minimum Gasteiger partial charge on any atom is -0.497 e. The first kappa shape index (κ1) is 20.8. The molecule has 2 aromatic carbocycles. The predicted molar refractivity (Wildman–Crippen MR) is 95.7 cm³/mol. The molecule has 0 fully saturated rings. The summed E-state index contributed by atoms with van der Waals surface area (Å²) in [6.45, 7) is -0.971. The van der Waals surface area contributed by atoms with E-state index in [4.69, 9.17) is 9.47 Å². The Morgan fingerprint density at radius 2 is 1.68 bits per heavy atom. The molecule has 0 aliphatic carbocycles. The molecule has 148 valence electrons. The SMILES string of the molecule is COc1ccc(CC(=O)OCC(=O)NCC(=O)Nc2ccc(F)c(F)c2)cc1. The minimum absolute atomic E-state index is 0.0199. The molecule has 9 heteroatoms. The summed E-state index contributed by atoms with van der Waals surface area (Å²) in [6.07, 6.45) is -0.0199. The third kappa shape index (κ3) is 6.67. The summed E-state index contributed by atoms with van der Waals surface area (Å²) < 4.78 is 35.7. The number of benzene rings is 2. The lowest BCUT2D eigenvalue weighted by molar-refractivity contribution is -0.147. The Kier molecular flexibility index (Phi) is 7.44. The van der Waals surface area contributed by atoms with Crippen LogP contribution in [0.1, 0.15) is 5.56 Å². The van der Waals surface area contributed by atoms with Crippen LogP contribution in [-0.2, 0) is 25.5 Å². The Bertz CT molecular complexity index is 856. The van der Waals surface area contributed by atoms with Crippen molar-refractivity contribution in [1.82, 2.24) is 5.32 Å². The zero-order valence-electron chi connectivity index (χ0n) is 15.0. The molecular weight excluding hydrogens is 374 g/mol. The summed E-state index contributed by atoms with van der Waals surface area (Å²) in [6, 6.07) is 9.65. The maximum Gasteiger partial charge on any atom is 0.310 e. The third-order valence-corrected chi connectivity index (χ3v) is 3.52. The summed E-state index contributed by atoms with van der Waals surface area (Å²) in [5.41, 5.74) is 0.737. The lowest BCUT2D eigenvalue weighted by Gasteiger charge is -2.08. The summed E-state index contributed by atoms with van der Waals surface area (Å²) in [5, 5.41) is 4.54. The quantitative estimate of drug-likeness (QED) is 0.669. The number of rotatable bonds is 8. The molecule has 2 amide bonds. The third-order valence-electron chi connectivity index (χ3n) is 3.52. The van der Waals surface area contributed by atoms with Crippen molar-refractivity contribution < 1.29 is 32.6 Å². The summed E-state index contributed by atoms with van der Waals surface area (Å²) >= 11 is 0. The molecule has 7 nitrogen and oxygen atoms in total. The van der Waals surface area contributed by atoms with Gasteiger partial charge in [0.1, 0.15) is 5.75 Å². The van der Waals surface area contributed by atoms with Crippen LogP contribution in [0, 0.1) is 11.6 Å². The standard InChI is InChI=1S/C19H18F2N2O5/c1-27-14-5-2-12(3-6-14)8-19(26)28-11-18(25)22-10-17(24)23-13-4-7-15(20)16(21)9-13/h2-7,9H,8,10-11H2,1H3,(H,22,25)(H,23,24). The highest BCUT2D eigenvalue weighted by atomic mass is 19.2. The fourth-order valence-electron chi connectivity index (χ4n) is 2.12. The molecule has 0 spiro atoms. The highest BCUT2D eigenvalue weighted by Gasteiger charge is 2.11. The Balaban J connectivity index is 1.69. The van der Waals surface area contributed by atoms with Crippen LogP contribution in [0.5, 0.6) is 5.75 Å². The van der Waals surface area contributed by atoms with Gasteiger partial charge in [0, 0.05) is 11.8 Å². The molecule has 0 aliphatic rings. The number of hydrogen-bond acceptors (Lipinski definition) is 5. The van der Waals surface area contributed by atoms with Crippen LogP contribution >= 0.6 is 0 Å². The number of ether oxygens (including phenoxy) is 2. The zero-order valence-corrected chi connectivity index (χ0v) is 15.0. The average molecular weight is 392 g/mol. The second kappa shape index (κ2) is 10.0. The molecule has 2 rings (SSSR count). The average Bonchev–Trinajstić information content (AvgIpc) is 2.68. The van der Waals surface area contributed by atoms with Gasteiger partial charge in [0.05, 0.1) is 20.1 Å². The van der Waals surface area contributed by atoms with Crippen LogP contribution in [0.4, 0.5) is 14.5 Å². The molecule has 0 unspecified atom stereocenters. The van der Waals surface area contributed by atoms with E-state index in [1.807, 2.05) is 0 Å². The Labute approximate surface area is 159 Å². The van der Waals surface area contributed by atoms with Gasteiger partial charge in [-0.25, -0.2) is 8.78 Å². The van der Waals surface area contributed by atoms with Crippen LogP contribution in [-0.4, -0.2) is 38.0 Å². The van der Waals surface area contributed by atoms with Gasteiger partial charge < -0.3 is 20.1 Å². The Morgan fingerprint density at radius 1 is 0.964 bits per heavy atom. The van der Waals surface area contributed by atoms with Crippen molar-refractivity contribution in [1.29, 1.82) is 0 Å². The second-order valence-electron chi connectivity index (χ2n) is 5.64. The summed E-state index contributed by atoms with van der Waals surface area (Å²) in [4.78, 5) is 35.1. The molecule has 0 bridgehead atoms. The number of carbonyl (C=O) groups excluding carboxylic acids is 3. The number of nitrogens with one attached hydrogen (secondary N) is 2. The van der Waals surface area contributed by atoms with Gasteiger partial charge in [0.2, 0.25) is 5.91 Å². The fraction of sp³-hybridized carbons (Fsp3) is 0.211. The summed E-state index contributed by atoms with van der Waals surface area (Å²) in [7, 11) is 1.53. The van der Waals surface area contributed by atoms with Gasteiger partial charge in [0.15, 0.2) is 18.2 Å². The molecular formula is C19H18F2N2O5. The van der Waals surface area contributed by atoms with Crippen molar-refractivity contribution in [3.8, 4) is 5.75 Å². The molecule has 0 saturated heterocycles. The van der Waals surface area contributed by atoms with E-state index in [0.717, 1.165) is 12.1 Å². The topological polar surface area (TPSA) is 93.7 Å². The normalized spacial score (nSPS) is 10.1. The monoisotopic (exact) mass is 392 g/mol. The van der Waals surface area contributed by atoms with Crippen molar-refractivity contribution in [3.05, 3.63) is 59.7 Å². The minimum atomic E-state index is -1.11. The Hall–Kier alpha value is -3.49. The number of amides is 2. The van der Waals surface area contributed by atoms with Gasteiger partial charge in [-0.1, -0.05) is 12.1 Å². The molecule has 0 radical (unpaired) electrons. The van der Waals surface area contributed by atoms with Crippen LogP contribution in [0.3, 0.4) is 0 Å². The smallest absolute Gasteiger partial charge is 0.310 e. The number of carbonyl (C=O) groups is 3. The first-order valence-corrected chi connectivity index (χ1v) is 8.17. The van der Waals surface area contributed by atoms with Gasteiger partial charge in [-0.05, 0) is 29.8 Å². The van der Waals surface area contributed by atoms with Crippen LogP contribution in [0.2, 0.25) is 0 Å². The van der Waals surface area contributed by atoms with Crippen LogP contribution in [0.25, 0.3) is 0 Å². The summed E-state index contributed by atoms with van der Waals surface area (Å²) in [5.74, 6) is -3.43. The Morgan fingerprint density at radius 3 is 2.32 bits per heavy atom. The molecule has 2 aromatic rings. The first-order valence-electron chi connectivity index (χ1n) is 8.17. The van der Waals surface area contributed by atoms with E-state index in [-0.39, 0.29) is 12.1 Å². The van der Waals surface area contributed by atoms with E-state index >= 15 is 0 Å². The number of methoxy groups -OCH3 is 1. The van der Waals surface area contributed by atoms with Crippen molar-refractivity contribution in [2.75, 3.05) is 25.6 Å². The van der Waals surface area contributed by atoms with Crippen molar-refractivity contribution in [3.63, 3.8) is 0 Å². The van der Waals surface area contributed by atoms with E-state index in [2.05, 4.69) is 10.6 Å². The maximum absolute atomic E-state index is 13.1. The second-order valence-corrected chi connectivity index (χ2v) is 5.64. The van der Waals surface area contributed by atoms with Gasteiger partial charge in [0.25, 0.3) is 5.91 Å². The number of anilines is 1. The highest BCUT2D eigenvalue weighted by Crippen LogP contribution is 2.13. The van der Waals surface area contributed by atoms with E-state index in [0.29, 0.717) is 11.3 Å². The maximum atomic E-state index is 13.1. The fourth-order valence-corrected chi connectivity index (χ4v) is 2.12. The van der Waals surface area contributed by atoms with Crippen molar-refractivity contribution in [2.45, 2.75) is 6.42 Å². The molecule has 0 aromatic heterocycles. The van der Waals surface area contributed by atoms with E-state index in [9.17, 15) is 23.2 Å². The van der Waals surface area contributed by atoms with Gasteiger partial charge in [-0.15, -0.1) is 0 Å². The lowest BCUT2D eigenvalue weighted by atomic mass is 10.1. The molecule has 0 atom stereocenters. The van der Waals surface area contributed by atoms with Crippen molar-refractivity contribution >= 4 is 23.5 Å². The van der Waals surface area contributed by atoms with E-state index < -0.39 is 42.6 Å². The lowest BCUT2D eigenvalue weighted by Crippen LogP contribution is -2.35. The first-order chi connectivity index (χ1) is 13.4. The molecule has 28 heavy (non-hydrogen) atoms. The van der Waals surface area contributed by atoms with Crippen LogP contribution < -0.4 is 15.4 Å². The van der Waals surface area contributed by atoms with Crippen LogP contribution in [0.15, 0.2) is 42.5 Å². The zero-order chi connectivity index (χ0) is 20.5. The molecule has 0 saturated carbocycles. The van der Waals surface area contributed by atoms with Gasteiger partial charge in [-0.2, -0.15) is 0 Å². The van der Waals surface area contributed by atoms with E-state index in [1.54, 1.807) is 24.3 Å². The van der Waals surface area contributed by atoms with Gasteiger partial charge in [-0.3, -0.25) is 14.4 Å². The predicted octanol–water partition coefficient (Wildman–Crippen LogP) is 1.81. The molecule has 2 N–H and O–H groups in total. The number of esters is 1.